The van der Waals surface area contributed by atoms with Gasteiger partial charge in [0.2, 0.25) is 0 Å². The highest BCUT2D eigenvalue weighted by atomic mass is 19.1. The SMILES string of the molecule is CCC(O)CC(O)CCn1c(-c2ccc(F)cc2)nc(C(=O)NCc2cccc(OC)c2)c1C(C)C. The molecule has 0 saturated heterocycles. The van der Waals surface area contributed by atoms with E-state index in [4.69, 9.17) is 9.72 Å². The largest absolute Gasteiger partial charge is 0.497 e. The zero-order valence-electron chi connectivity index (χ0n) is 21.4. The zero-order chi connectivity index (χ0) is 26.2. The van der Waals surface area contributed by atoms with Crippen LogP contribution >= 0.6 is 0 Å². The van der Waals surface area contributed by atoms with Crippen LogP contribution in [0.15, 0.2) is 48.5 Å². The number of hydrogen-bond acceptors (Lipinski definition) is 5. The van der Waals surface area contributed by atoms with Gasteiger partial charge in [0.1, 0.15) is 23.1 Å². The molecule has 2 atom stereocenters. The summed E-state index contributed by atoms with van der Waals surface area (Å²) in [5.41, 5.74) is 2.61. The van der Waals surface area contributed by atoms with Gasteiger partial charge in [0, 0.05) is 18.7 Å². The van der Waals surface area contributed by atoms with Crippen molar-refractivity contribution in [1.29, 1.82) is 0 Å². The molecule has 0 bridgehead atoms. The molecule has 0 fully saturated rings. The highest BCUT2D eigenvalue weighted by Crippen LogP contribution is 2.29. The van der Waals surface area contributed by atoms with Crippen molar-refractivity contribution < 1.29 is 24.1 Å². The third-order valence-corrected chi connectivity index (χ3v) is 6.16. The van der Waals surface area contributed by atoms with Crippen molar-refractivity contribution in [1.82, 2.24) is 14.9 Å². The molecule has 2 unspecified atom stereocenters. The van der Waals surface area contributed by atoms with Crippen LogP contribution in [0.25, 0.3) is 11.4 Å². The number of nitrogens with zero attached hydrogens (tertiary/aromatic N) is 2. The number of rotatable bonds is 12. The number of ether oxygens (including phenoxy) is 1. The number of methoxy groups -OCH3 is 1. The third kappa shape index (κ3) is 6.92. The third-order valence-electron chi connectivity index (χ3n) is 6.16. The summed E-state index contributed by atoms with van der Waals surface area (Å²) in [4.78, 5) is 18.0. The molecule has 1 aromatic heterocycles. The molecule has 3 rings (SSSR count). The number of imidazole rings is 1. The minimum absolute atomic E-state index is 0.0392. The van der Waals surface area contributed by atoms with E-state index in [1.807, 2.05) is 49.6 Å². The fourth-order valence-corrected chi connectivity index (χ4v) is 4.19. The average molecular weight is 498 g/mol. The Morgan fingerprint density at radius 1 is 1.14 bits per heavy atom. The van der Waals surface area contributed by atoms with Crippen LogP contribution in [0, 0.1) is 5.82 Å². The van der Waals surface area contributed by atoms with Crippen LogP contribution in [-0.2, 0) is 13.1 Å². The number of amides is 1. The van der Waals surface area contributed by atoms with Crippen LogP contribution < -0.4 is 10.1 Å². The fourth-order valence-electron chi connectivity index (χ4n) is 4.19. The van der Waals surface area contributed by atoms with E-state index in [-0.39, 0.29) is 24.1 Å². The van der Waals surface area contributed by atoms with Gasteiger partial charge in [-0.1, -0.05) is 32.9 Å². The smallest absolute Gasteiger partial charge is 0.272 e. The molecule has 7 nitrogen and oxygen atoms in total. The van der Waals surface area contributed by atoms with E-state index in [0.29, 0.717) is 48.8 Å². The van der Waals surface area contributed by atoms with E-state index in [0.717, 1.165) is 11.3 Å². The number of aliphatic hydroxyl groups is 2. The van der Waals surface area contributed by atoms with Gasteiger partial charge >= 0.3 is 0 Å². The van der Waals surface area contributed by atoms with Gasteiger partial charge in [-0.25, -0.2) is 9.37 Å². The Kier molecular flexibility index (Phi) is 9.61. The van der Waals surface area contributed by atoms with Gasteiger partial charge in [-0.3, -0.25) is 4.79 Å². The predicted octanol–water partition coefficient (Wildman–Crippen LogP) is 4.66. The Bertz CT molecular complexity index is 1140. The first-order valence-electron chi connectivity index (χ1n) is 12.4. The minimum Gasteiger partial charge on any atom is -0.497 e. The topological polar surface area (TPSA) is 96.6 Å². The molecule has 0 aliphatic carbocycles. The summed E-state index contributed by atoms with van der Waals surface area (Å²) < 4.78 is 20.8. The minimum atomic E-state index is -0.700. The molecule has 2 aromatic carbocycles. The first-order chi connectivity index (χ1) is 17.2. The summed E-state index contributed by atoms with van der Waals surface area (Å²) in [5, 5.41) is 23.3. The van der Waals surface area contributed by atoms with Crippen molar-refractivity contribution in [2.75, 3.05) is 7.11 Å². The van der Waals surface area contributed by atoms with E-state index in [1.54, 1.807) is 19.2 Å². The number of hydrogen-bond donors (Lipinski definition) is 3. The maximum atomic E-state index is 13.6. The first-order valence-corrected chi connectivity index (χ1v) is 12.4. The molecule has 0 aliphatic heterocycles. The molecule has 0 radical (unpaired) electrons. The average Bonchev–Trinajstić information content (AvgIpc) is 3.26. The van der Waals surface area contributed by atoms with Gasteiger partial charge in [-0.2, -0.15) is 0 Å². The van der Waals surface area contributed by atoms with Crippen LogP contribution in [0.5, 0.6) is 5.75 Å². The van der Waals surface area contributed by atoms with Crippen LogP contribution in [0.2, 0.25) is 0 Å². The van der Waals surface area contributed by atoms with Gasteiger partial charge in [0.05, 0.1) is 25.0 Å². The number of halogens is 1. The van der Waals surface area contributed by atoms with Gasteiger partial charge in [0.15, 0.2) is 0 Å². The van der Waals surface area contributed by atoms with E-state index in [1.165, 1.54) is 12.1 Å². The molecule has 36 heavy (non-hydrogen) atoms. The van der Waals surface area contributed by atoms with Gasteiger partial charge in [0.25, 0.3) is 5.91 Å². The first kappa shape index (κ1) is 27.4. The monoisotopic (exact) mass is 497 g/mol. The number of nitrogens with one attached hydrogen (secondary N) is 1. The van der Waals surface area contributed by atoms with Crippen LogP contribution in [0.3, 0.4) is 0 Å². The Hall–Kier alpha value is -3.23. The molecule has 0 spiro atoms. The Morgan fingerprint density at radius 3 is 2.50 bits per heavy atom. The van der Waals surface area contributed by atoms with Gasteiger partial charge in [-0.15, -0.1) is 0 Å². The summed E-state index contributed by atoms with van der Waals surface area (Å²) in [6, 6.07) is 13.5. The summed E-state index contributed by atoms with van der Waals surface area (Å²) in [7, 11) is 1.59. The van der Waals surface area contributed by atoms with Crippen molar-refractivity contribution >= 4 is 5.91 Å². The lowest BCUT2D eigenvalue weighted by Gasteiger charge is -2.19. The van der Waals surface area contributed by atoms with Crippen molar-refractivity contribution in [2.45, 2.75) is 71.2 Å². The molecular weight excluding hydrogens is 461 g/mol. The Balaban J connectivity index is 1.93. The number of carbonyl (C=O) groups is 1. The second-order valence-corrected chi connectivity index (χ2v) is 9.26. The molecule has 3 aromatic rings. The summed E-state index contributed by atoms with van der Waals surface area (Å²) in [5.74, 6) is 0.530. The second kappa shape index (κ2) is 12.6. The van der Waals surface area contributed by atoms with Crippen LogP contribution in [-0.4, -0.2) is 45.0 Å². The zero-order valence-corrected chi connectivity index (χ0v) is 21.4. The van der Waals surface area contributed by atoms with E-state index < -0.39 is 12.2 Å². The fraction of sp³-hybridized carbons (Fsp3) is 0.429. The van der Waals surface area contributed by atoms with Crippen molar-refractivity contribution in [2.24, 2.45) is 0 Å². The van der Waals surface area contributed by atoms with Gasteiger partial charge in [-0.05, 0) is 67.1 Å². The number of carbonyl (C=O) groups excluding carboxylic acids is 1. The highest BCUT2D eigenvalue weighted by molar-refractivity contribution is 5.94. The normalized spacial score (nSPS) is 13.0. The lowest BCUT2D eigenvalue weighted by Crippen LogP contribution is -2.25. The molecule has 0 saturated carbocycles. The molecule has 1 amide bonds. The number of aromatic nitrogens is 2. The Labute approximate surface area is 212 Å². The number of aliphatic hydroxyl groups excluding tert-OH is 2. The van der Waals surface area contributed by atoms with E-state index in [9.17, 15) is 19.4 Å². The lowest BCUT2D eigenvalue weighted by atomic mass is 10.1. The predicted molar refractivity (Wildman–Crippen MR) is 137 cm³/mol. The standard InChI is InChI=1S/C28H36FN3O4/c1-5-22(33)16-23(34)13-14-32-26(18(2)3)25(31-27(32)20-9-11-21(29)12-10-20)28(35)30-17-19-7-6-8-24(15-19)36-4/h6-12,15,18,22-23,33-34H,5,13-14,16-17H2,1-4H3,(H,30,35). The maximum Gasteiger partial charge on any atom is 0.272 e. The van der Waals surface area contributed by atoms with Crippen LogP contribution in [0.1, 0.15) is 67.7 Å². The molecule has 0 aliphatic rings. The Morgan fingerprint density at radius 2 is 1.86 bits per heavy atom. The van der Waals surface area contributed by atoms with E-state index >= 15 is 0 Å². The molecule has 194 valence electrons. The maximum absolute atomic E-state index is 13.6. The van der Waals surface area contributed by atoms with Crippen molar-refractivity contribution in [3.05, 3.63) is 71.3 Å². The summed E-state index contributed by atoms with van der Waals surface area (Å²) in [6.07, 6.45) is -0.0398. The van der Waals surface area contributed by atoms with E-state index in [2.05, 4.69) is 5.32 Å². The molecule has 3 N–H and O–H groups in total. The summed E-state index contributed by atoms with van der Waals surface area (Å²) >= 11 is 0. The van der Waals surface area contributed by atoms with Gasteiger partial charge < -0.3 is 24.8 Å². The highest BCUT2D eigenvalue weighted by Gasteiger charge is 2.26. The van der Waals surface area contributed by atoms with Crippen molar-refractivity contribution in [3.63, 3.8) is 0 Å². The van der Waals surface area contributed by atoms with Crippen LogP contribution in [0.4, 0.5) is 4.39 Å². The van der Waals surface area contributed by atoms with Crippen molar-refractivity contribution in [3.8, 4) is 17.1 Å². The quantitative estimate of drug-likeness (QED) is 0.338. The molecule has 8 heteroatoms. The summed E-state index contributed by atoms with van der Waals surface area (Å²) in [6.45, 7) is 6.54. The number of benzene rings is 2. The molecule has 1 heterocycles. The second-order valence-electron chi connectivity index (χ2n) is 9.26. The lowest BCUT2D eigenvalue weighted by molar-refractivity contribution is 0.0711. The molecular formula is C28H36FN3O4.